The van der Waals surface area contributed by atoms with Gasteiger partial charge in [0.2, 0.25) is 0 Å². The number of hydrogen-bond acceptors (Lipinski definition) is 5. The Morgan fingerprint density at radius 2 is 2.00 bits per heavy atom. The van der Waals surface area contributed by atoms with Crippen LogP contribution in [-0.2, 0) is 26.4 Å². The molecule has 2 aromatic rings. The molecule has 1 unspecified atom stereocenters. The SMILES string of the molecule is COC(C)(C(=O)Nc1cnn(CCN2CCOCC2)c1)c1ccccc1. The lowest BCUT2D eigenvalue weighted by Crippen LogP contribution is -2.39. The Bertz CT molecular complexity index is 713. The summed E-state index contributed by atoms with van der Waals surface area (Å²) in [4.78, 5) is 15.1. The van der Waals surface area contributed by atoms with Crippen LogP contribution in [0.1, 0.15) is 12.5 Å². The highest BCUT2D eigenvalue weighted by Crippen LogP contribution is 2.26. The van der Waals surface area contributed by atoms with Crippen LogP contribution in [0, 0.1) is 0 Å². The van der Waals surface area contributed by atoms with Gasteiger partial charge >= 0.3 is 0 Å². The van der Waals surface area contributed by atoms with Crippen molar-refractivity contribution in [3.63, 3.8) is 0 Å². The Kier molecular flexibility index (Phi) is 6.03. The molecule has 1 atom stereocenters. The summed E-state index contributed by atoms with van der Waals surface area (Å²) in [6.45, 7) is 6.93. The molecule has 0 bridgehead atoms. The van der Waals surface area contributed by atoms with E-state index in [4.69, 9.17) is 9.47 Å². The molecular formula is C19H26N4O3. The summed E-state index contributed by atoms with van der Waals surface area (Å²) in [5, 5.41) is 7.25. The van der Waals surface area contributed by atoms with Crippen molar-refractivity contribution in [3.05, 3.63) is 48.3 Å². The van der Waals surface area contributed by atoms with E-state index < -0.39 is 5.60 Å². The third-order valence-corrected chi connectivity index (χ3v) is 4.81. The van der Waals surface area contributed by atoms with Crippen LogP contribution in [0.5, 0.6) is 0 Å². The Hall–Kier alpha value is -2.22. The lowest BCUT2D eigenvalue weighted by molar-refractivity contribution is -0.136. The average Bonchev–Trinajstić information content (AvgIpc) is 3.14. The van der Waals surface area contributed by atoms with E-state index in [2.05, 4.69) is 15.3 Å². The zero-order valence-corrected chi connectivity index (χ0v) is 15.4. The molecule has 7 nitrogen and oxygen atoms in total. The number of ether oxygens (including phenoxy) is 2. The van der Waals surface area contributed by atoms with Gasteiger partial charge in [0.25, 0.3) is 5.91 Å². The predicted octanol–water partition coefficient (Wildman–Crippen LogP) is 1.72. The third kappa shape index (κ3) is 4.30. The summed E-state index contributed by atoms with van der Waals surface area (Å²) < 4.78 is 12.7. The highest BCUT2D eigenvalue weighted by molar-refractivity contribution is 5.97. The van der Waals surface area contributed by atoms with E-state index in [-0.39, 0.29) is 5.91 Å². The van der Waals surface area contributed by atoms with Gasteiger partial charge in [-0.2, -0.15) is 5.10 Å². The van der Waals surface area contributed by atoms with E-state index in [1.54, 1.807) is 20.2 Å². The number of amides is 1. The zero-order chi connectivity index (χ0) is 18.4. The summed E-state index contributed by atoms with van der Waals surface area (Å²) in [5.41, 5.74) is 0.410. The Morgan fingerprint density at radius 3 is 2.69 bits per heavy atom. The van der Waals surface area contributed by atoms with Crippen LogP contribution in [0.2, 0.25) is 0 Å². The number of hydrogen-bond donors (Lipinski definition) is 1. The molecular weight excluding hydrogens is 332 g/mol. The maximum atomic E-state index is 12.8. The van der Waals surface area contributed by atoms with Gasteiger partial charge in [-0.25, -0.2) is 0 Å². The maximum absolute atomic E-state index is 12.8. The summed E-state index contributed by atoms with van der Waals surface area (Å²) in [6, 6.07) is 9.47. The highest BCUT2D eigenvalue weighted by Gasteiger charge is 2.35. The molecule has 1 aliphatic heterocycles. The Morgan fingerprint density at radius 1 is 1.27 bits per heavy atom. The fourth-order valence-corrected chi connectivity index (χ4v) is 2.97. The highest BCUT2D eigenvalue weighted by atomic mass is 16.5. The number of morpholine rings is 1. The molecule has 3 rings (SSSR count). The summed E-state index contributed by atoms with van der Waals surface area (Å²) in [7, 11) is 1.54. The summed E-state index contributed by atoms with van der Waals surface area (Å²) in [6.07, 6.45) is 3.51. The van der Waals surface area contributed by atoms with Gasteiger partial charge in [-0.15, -0.1) is 0 Å². The van der Waals surface area contributed by atoms with Crippen LogP contribution in [0.3, 0.4) is 0 Å². The zero-order valence-electron chi connectivity index (χ0n) is 15.4. The van der Waals surface area contributed by atoms with Crippen molar-refractivity contribution >= 4 is 11.6 Å². The first kappa shape index (κ1) is 18.6. The van der Waals surface area contributed by atoms with Gasteiger partial charge < -0.3 is 14.8 Å². The molecule has 2 heterocycles. The molecule has 0 radical (unpaired) electrons. The van der Waals surface area contributed by atoms with Crippen molar-refractivity contribution in [3.8, 4) is 0 Å². The van der Waals surface area contributed by atoms with Gasteiger partial charge in [-0.3, -0.25) is 14.4 Å². The van der Waals surface area contributed by atoms with Crippen LogP contribution in [0.25, 0.3) is 0 Å². The standard InChI is InChI=1S/C19H26N4O3/c1-19(25-2,16-6-4-3-5-7-16)18(24)21-17-14-20-23(15-17)9-8-22-10-12-26-13-11-22/h3-7,14-15H,8-13H2,1-2H3,(H,21,24). The smallest absolute Gasteiger partial charge is 0.261 e. The summed E-state index contributed by atoms with van der Waals surface area (Å²) >= 11 is 0. The molecule has 140 valence electrons. The molecule has 1 aliphatic rings. The van der Waals surface area contributed by atoms with Gasteiger partial charge in [0.15, 0.2) is 5.60 Å². The number of methoxy groups -OCH3 is 1. The van der Waals surface area contributed by atoms with Crippen molar-refractivity contribution in [2.45, 2.75) is 19.1 Å². The van der Waals surface area contributed by atoms with Gasteiger partial charge in [-0.1, -0.05) is 30.3 Å². The minimum atomic E-state index is -1.06. The average molecular weight is 358 g/mol. The number of aromatic nitrogens is 2. The normalized spacial score (nSPS) is 17.6. The lowest BCUT2D eigenvalue weighted by atomic mass is 9.94. The lowest BCUT2D eigenvalue weighted by Gasteiger charge is -2.27. The van der Waals surface area contributed by atoms with Crippen molar-refractivity contribution in [2.24, 2.45) is 0 Å². The van der Waals surface area contributed by atoms with E-state index in [0.717, 1.165) is 45.0 Å². The summed E-state index contributed by atoms with van der Waals surface area (Å²) in [5.74, 6) is -0.223. The fourth-order valence-electron chi connectivity index (χ4n) is 2.97. The number of nitrogens with zero attached hydrogens (tertiary/aromatic N) is 3. The second-order valence-corrected chi connectivity index (χ2v) is 6.50. The first-order valence-corrected chi connectivity index (χ1v) is 8.86. The number of nitrogens with one attached hydrogen (secondary N) is 1. The van der Waals surface area contributed by atoms with E-state index >= 15 is 0 Å². The predicted molar refractivity (Wildman–Crippen MR) is 98.9 cm³/mol. The molecule has 1 saturated heterocycles. The van der Waals surface area contributed by atoms with Crippen LogP contribution in [-0.4, -0.2) is 60.5 Å². The van der Waals surface area contributed by atoms with Crippen molar-refractivity contribution in [1.29, 1.82) is 0 Å². The van der Waals surface area contributed by atoms with Crippen molar-refractivity contribution < 1.29 is 14.3 Å². The molecule has 1 amide bonds. The Balaban J connectivity index is 1.59. The Labute approximate surface area is 153 Å². The topological polar surface area (TPSA) is 68.6 Å². The molecule has 26 heavy (non-hydrogen) atoms. The number of rotatable bonds is 7. The molecule has 0 spiro atoms. The molecule has 1 N–H and O–H groups in total. The number of carbonyl (C=O) groups excluding carboxylic acids is 1. The van der Waals surface area contributed by atoms with E-state index in [1.165, 1.54) is 0 Å². The monoisotopic (exact) mass is 358 g/mol. The largest absolute Gasteiger partial charge is 0.379 e. The first-order chi connectivity index (χ1) is 12.6. The molecule has 1 aromatic carbocycles. The van der Waals surface area contributed by atoms with Crippen LogP contribution >= 0.6 is 0 Å². The van der Waals surface area contributed by atoms with E-state index in [1.807, 2.05) is 41.2 Å². The first-order valence-electron chi connectivity index (χ1n) is 8.86. The molecule has 1 aromatic heterocycles. The van der Waals surface area contributed by atoms with Crippen molar-refractivity contribution in [2.75, 3.05) is 45.3 Å². The number of carbonyl (C=O) groups is 1. The molecule has 1 fully saturated rings. The number of benzene rings is 1. The van der Waals surface area contributed by atoms with Crippen LogP contribution in [0.15, 0.2) is 42.7 Å². The quantitative estimate of drug-likeness (QED) is 0.816. The van der Waals surface area contributed by atoms with Gasteiger partial charge in [0, 0.05) is 32.9 Å². The molecule has 0 aliphatic carbocycles. The van der Waals surface area contributed by atoms with Crippen molar-refractivity contribution in [1.82, 2.24) is 14.7 Å². The molecule has 7 heteroatoms. The van der Waals surface area contributed by atoms with E-state index in [9.17, 15) is 4.79 Å². The molecule has 0 saturated carbocycles. The number of anilines is 1. The van der Waals surface area contributed by atoms with Gasteiger partial charge in [0.1, 0.15) is 0 Å². The maximum Gasteiger partial charge on any atom is 0.261 e. The van der Waals surface area contributed by atoms with E-state index in [0.29, 0.717) is 5.69 Å². The fraction of sp³-hybridized carbons (Fsp3) is 0.474. The van der Waals surface area contributed by atoms with Crippen LogP contribution < -0.4 is 5.32 Å². The minimum absolute atomic E-state index is 0.223. The third-order valence-electron chi connectivity index (χ3n) is 4.81. The van der Waals surface area contributed by atoms with Gasteiger partial charge in [-0.05, 0) is 12.5 Å². The second-order valence-electron chi connectivity index (χ2n) is 6.50. The second kappa shape index (κ2) is 8.44. The van der Waals surface area contributed by atoms with Gasteiger partial charge in [0.05, 0.1) is 31.6 Å². The van der Waals surface area contributed by atoms with Crippen LogP contribution in [0.4, 0.5) is 5.69 Å². The minimum Gasteiger partial charge on any atom is -0.379 e.